The molecule has 0 aliphatic carbocycles. The van der Waals surface area contributed by atoms with Crippen LogP contribution in [-0.4, -0.2) is 14.1 Å². The Morgan fingerprint density at radius 2 is 1.02 bits per heavy atom. The van der Waals surface area contributed by atoms with E-state index in [4.69, 9.17) is 4.98 Å². The molecular formula is C37H19N5S. The van der Waals surface area contributed by atoms with Crippen LogP contribution in [0, 0.1) is 22.7 Å². The molecule has 4 aromatic heterocycles. The van der Waals surface area contributed by atoms with Crippen LogP contribution in [0.15, 0.2) is 115 Å². The molecule has 0 spiro atoms. The van der Waals surface area contributed by atoms with Gasteiger partial charge >= 0.3 is 0 Å². The van der Waals surface area contributed by atoms with Crippen LogP contribution in [0.3, 0.4) is 0 Å². The summed E-state index contributed by atoms with van der Waals surface area (Å²) >= 11 is 1.52. The van der Waals surface area contributed by atoms with Crippen molar-refractivity contribution in [2.45, 2.75) is 0 Å². The van der Waals surface area contributed by atoms with Crippen LogP contribution in [0.4, 0.5) is 0 Å². The molecule has 43 heavy (non-hydrogen) atoms. The lowest BCUT2D eigenvalue weighted by atomic mass is 10.0. The molecule has 0 fully saturated rings. The fourth-order valence-corrected chi connectivity index (χ4v) is 7.90. The van der Waals surface area contributed by atoms with Gasteiger partial charge in [0, 0.05) is 32.3 Å². The summed E-state index contributed by atoms with van der Waals surface area (Å²) in [6.07, 6.45) is 0. The minimum Gasteiger partial charge on any atom is -0.294 e. The highest BCUT2D eigenvalue weighted by Crippen LogP contribution is 2.45. The lowest BCUT2D eigenvalue weighted by molar-refractivity contribution is 1.01. The third-order valence-corrected chi connectivity index (χ3v) is 9.67. The Kier molecular flexibility index (Phi) is 4.84. The van der Waals surface area contributed by atoms with Crippen molar-refractivity contribution in [1.82, 2.24) is 14.1 Å². The maximum Gasteiger partial charge on any atom is 0.140 e. The topological polar surface area (TPSA) is 70.3 Å². The minimum atomic E-state index is 0.593. The Balaban J connectivity index is 1.41. The summed E-state index contributed by atoms with van der Waals surface area (Å²) in [5.74, 6) is 1.59. The fraction of sp³-hybridized carbons (Fsp3) is 0. The van der Waals surface area contributed by atoms with Crippen molar-refractivity contribution >= 4 is 75.1 Å². The summed E-state index contributed by atoms with van der Waals surface area (Å²) in [5.41, 5.74) is 5.34. The summed E-state index contributed by atoms with van der Waals surface area (Å²) in [4.78, 5) is 5.27. The molecule has 0 radical (unpaired) electrons. The van der Waals surface area contributed by atoms with Gasteiger partial charge in [0.1, 0.15) is 23.8 Å². The third kappa shape index (κ3) is 3.16. The van der Waals surface area contributed by atoms with Gasteiger partial charge in [-0.2, -0.15) is 10.5 Å². The quantitative estimate of drug-likeness (QED) is 0.210. The summed E-state index contributed by atoms with van der Waals surface area (Å²) in [6.45, 7) is 0. The fourth-order valence-electron chi connectivity index (χ4n) is 6.67. The standard InChI is InChI=1S/C37H19N5S/c38-20-22-9-7-13-27-35-34-26-12-3-6-16-30(26)42(31(34)19-23(21-39)37(35)43-36(22)27)33-18-8-17-32(40-33)41-28-14-4-1-10-24(28)25-11-2-5-15-29(25)41/h1-19H. The van der Waals surface area contributed by atoms with Gasteiger partial charge < -0.3 is 0 Å². The number of thiophene rings is 1. The Hall–Kier alpha value is -5.95. The summed E-state index contributed by atoms with van der Waals surface area (Å²) in [5, 5.41) is 26.7. The van der Waals surface area contributed by atoms with Crippen molar-refractivity contribution in [2.75, 3.05) is 0 Å². The highest BCUT2D eigenvalue weighted by Gasteiger charge is 2.22. The second-order valence-electron chi connectivity index (χ2n) is 10.6. The van der Waals surface area contributed by atoms with Crippen LogP contribution in [0.5, 0.6) is 0 Å². The number of hydrogen-bond donors (Lipinski definition) is 0. The number of pyridine rings is 1. The molecule has 0 atom stereocenters. The van der Waals surface area contributed by atoms with E-state index in [1.165, 1.54) is 22.1 Å². The van der Waals surface area contributed by atoms with Crippen LogP contribution >= 0.6 is 11.3 Å². The Labute approximate surface area is 249 Å². The van der Waals surface area contributed by atoms with Crippen molar-refractivity contribution in [2.24, 2.45) is 0 Å². The summed E-state index contributed by atoms with van der Waals surface area (Å²) < 4.78 is 6.20. The van der Waals surface area contributed by atoms with E-state index < -0.39 is 0 Å². The zero-order chi connectivity index (χ0) is 28.7. The predicted octanol–water partition coefficient (Wildman–Crippen LogP) is 9.39. The van der Waals surface area contributed by atoms with E-state index in [1.807, 2.05) is 48.5 Å². The van der Waals surface area contributed by atoms with Crippen molar-refractivity contribution in [3.63, 3.8) is 0 Å². The van der Waals surface area contributed by atoms with Gasteiger partial charge in [0.2, 0.25) is 0 Å². The van der Waals surface area contributed by atoms with E-state index in [0.717, 1.165) is 64.6 Å². The third-order valence-electron chi connectivity index (χ3n) is 8.40. The minimum absolute atomic E-state index is 0.593. The monoisotopic (exact) mass is 565 g/mol. The first-order chi connectivity index (χ1) is 21.3. The largest absolute Gasteiger partial charge is 0.294 e. The van der Waals surface area contributed by atoms with E-state index in [1.54, 1.807) is 0 Å². The van der Waals surface area contributed by atoms with Crippen molar-refractivity contribution < 1.29 is 0 Å². The number of nitrogens with zero attached hydrogens (tertiary/aromatic N) is 5. The van der Waals surface area contributed by atoms with E-state index in [9.17, 15) is 10.5 Å². The van der Waals surface area contributed by atoms with Gasteiger partial charge in [-0.15, -0.1) is 11.3 Å². The molecule has 0 aliphatic rings. The molecule has 9 aromatic rings. The molecule has 4 heterocycles. The number of nitriles is 2. The van der Waals surface area contributed by atoms with E-state index in [0.29, 0.717) is 11.1 Å². The second-order valence-corrected chi connectivity index (χ2v) is 11.6. The SMILES string of the molecule is N#Cc1cccc2c1sc1c(C#N)cc3c(c4ccccc4n3-c3cccc(-n4c5ccccc5c5ccccc54)n3)c12. The molecule has 0 N–H and O–H groups in total. The lowest BCUT2D eigenvalue weighted by Gasteiger charge is -2.11. The Morgan fingerprint density at radius 3 is 1.67 bits per heavy atom. The van der Waals surface area contributed by atoms with E-state index >= 15 is 0 Å². The number of fused-ring (bicyclic) bond motifs is 10. The van der Waals surface area contributed by atoms with E-state index in [-0.39, 0.29) is 0 Å². The van der Waals surface area contributed by atoms with Crippen molar-refractivity contribution in [3.05, 3.63) is 126 Å². The number of benzene rings is 5. The van der Waals surface area contributed by atoms with Gasteiger partial charge in [-0.1, -0.05) is 72.8 Å². The molecule has 5 aromatic carbocycles. The normalized spacial score (nSPS) is 11.7. The lowest BCUT2D eigenvalue weighted by Crippen LogP contribution is -2.03. The zero-order valence-corrected chi connectivity index (χ0v) is 23.4. The number of aromatic nitrogens is 3. The first kappa shape index (κ1) is 23.7. The van der Waals surface area contributed by atoms with Crippen LogP contribution < -0.4 is 0 Å². The molecule has 0 bridgehead atoms. The molecule has 0 saturated heterocycles. The highest BCUT2D eigenvalue weighted by atomic mass is 32.1. The van der Waals surface area contributed by atoms with Gasteiger partial charge in [0.15, 0.2) is 0 Å². The average Bonchev–Trinajstić information content (AvgIpc) is 3.72. The van der Waals surface area contributed by atoms with Crippen LogP contribution in [0.25, 0.3) is 75.4 Å². The summed E-state index contributed by atoms with van der Waals surface area (Å²) in [7, 11) is 0. The molecule has 5 nitrogen and oxygen atoms in total. The number of para-hydroxylation sites is 3. The van der Waals surface area contributed by atoms with Gasteiger partial charge in [0.25, 0.3) is 0 Å². The summed E-state index contributed by atoms with van der Waals surface area (Å²) in [6, 6.07) is 43.9. The molecule has 0 unspecified atom stereocenters. The molecule has 9 rings (SSSR count). The van der Waals surface area contributed by atoms with Crippen LogP contribution in [0.1, 0.15) is 11.1 Å². The van der Waals surface area contributed by atoms with Gasteiger partial charge in [0.05, 0.1) is 42.6 Å². The Morgan fingerprint density at radius 1 is 0.488 bits per heavy atom. The zero-order valence-electron chi connectivity index (χ0n) is 22.6. The Bertz CT molecular complexity index is 2660. The van der Waals surface area contributed by atoms with Gasteiger partial charge in [-0.25, -0.2) is 4.98 Å². The predicted molar refractivity (Wildman–Crippen MR) is 175 cm³/mol. The van der Waals surface area contributed by atoms with Gasteiger partial charge in [-0.3, -0.25) is 9.13 Å². The molecule has 6 heteroatoms. The number of hydrogen-bond acceptors (Lipinski definition) is 4. The second kappa shape index (κ2) is 8.77. The van der Waals surface area contributed by atoms with Crippen molar-refractivity contribution in [1.29, 1.82) is 10.5 Å². The first-order valence-electron chi connectivity index (χ1n) is 13.9. The van der Waals surface area contributed by atoms with Crippen molar-refractivity contribution in [3.8, 4) is 23.8 Å². The smallest absolute Gasteiger partial charge is 0.140 e. The molecule has 198 valence electrons. The maximum atomic E-state index is 10.3. The van der Waals surface area contributed by atoms with Gasteiger partial charge in [-0.05, 0) is 42.5 Å². The van der Waals surface area contributed by atoms with Crippen LogP contribution in [-0.2, 0) is 0 Å². The van der Waals surface area contributed by atoms with Crippen LogP contribution in [0.2, 0.25) is 0 Å². The average molecular weight is 566 g/mol. The molecular weight excluding hydrogens is 547 g/mol. The first-order valence-corrected chi connectivity index (χ1v) is 14.8. The molecule has 0 saturated carbocycles. The van der Waals surface area contributed by atoms with E-state index in [2.05, 4.69) is 88.0 Å². The molecule has 0 amide bonds. The maximum absolute atomic E-state index is 10.3. The molecule has 0 aliphatic heterocycles. The highest BCUT2D eigenvalue weighted by molar-refractivity contribution is 7.26. The number of rotatable bonds is 2.